The molecule has 0 saturated carbocycles. The van der Waals surface area contributed by atoms with E-state index in [0.29, 0.717) is 26.3 Å². The quantitative estimate of drug-likeness (QED) is 0.175. The molecule has 0 aliphatic heterocycles. The largest absolute Gasteiger partial charge is 0.462 e. The Kier molecular flexibility index (Phi) is 15.9. The number of quaternary nitrogens is 2. The first kappa shape index (κ1) is 28.9. The Morgan fingerprint density at radius 3 is 1.17 bits per heavy atom. The van der Waals surface area contributed by atoms with Crippen molar-refractivity contribution in [1.82, 2.24) is 0 Å². The minimum Gasteiger partial charge on any atom is -0.462 e. The molecule has 6 nitrogen and oxygen atoms in total. The zero-order valence-corrected chi connectivity index (χ0v) is 20.8. The van der Waals surface area contributed by atoms with Crippen molar-refractivity contribution in [3.63, 3.8) is 0 Å². The minimum atomic E-state index is -0.0662. The van der Waals surface area contributed by atoms with Gasteiger partial charge in [0.1, 0.15) is 0 Å². The van der Waals surface area contributed by atoms with Crippen LogP contribution in [-0.4, -0.2) is 86.5 Å². The lowest BCUT2D eigenvalue weighted by Crippen LogP contribution is -2.52. The van der Waals surface area contributed by atoms with Crippen molar-refractivity contribution >= 4 is 11.9 Å². The highest BCUT2D eigenvalue weighted by atomic mass is 16.5. The highest BCUT2D eigenvalue weighted by Crippen LogP contribution is 2.14. The van der Waals surface area contributed by atoms with Crippen molar-refractivity contribution < 1.29 is 28.0 Å². The third-order valence-corrected chi connectivity index (χ3v) is 6.56. The van der Waals surface area contributed by atoms with Gasteiger partial charge in [-0.3, -0.25) is 0 Å². The summed E-state index contributed by atoms with van der Waals surface area (Å²) >= 11 is 0. The zero-order valence-electron chi connectivity index (χ0n) is 20.8. The Morgan fingerprint density at radius 1 is 0.567 bits per heavy atom. The molecule has 0 aromatic rings. The SMILES string of the molecule is CCCOC(=O)C[N+](CC)(CC)CCCCCC[N+](CC)(CC)CC(=O)OCCC. The maximum atomic E-state index is 12.1. The van der Waals surface area contributed by atoms with Crippen LogP contribution in [0.1, 0.15) is 80.1 Å². The van der Waals surface area contributed by atoms with Crippen molar-refractivity contribution in [2.24, 2.45) is 0 Å². The Morgan fingerprint density at radius 2 is 0.900 bits per heavy atom. The highest BCUT2D eigenvalue weighted by molar-refractivity contribution is 5.70. The summed E-state index contributed by atoms with van der Waals surface area (Å²) in [6.45, 7) is 20.6. The van der Waals surface area contributed by atoms with Crippen LogP contribution in [-0.2, 0) is 19.1 Å². The van der Waals surface area contributed by atoms with Gasteiger partial charge in [0.15, 0.2) is 13.1 Å². The lowest BCUT2D eigenvalue weighted by atomic mass is 10.1. The van der Waals surface area contributed by atoms with E-state index in [1.165, 1.54) is 0 Å². The second-order valence-corrected chi connectivity index (χ2v) is 8.57. The number of hydrogen-bond donors (Lipinski definition) is 0. The van der Waals surface area contributed by atoms with Crippen LogP contribution in [0.5, 0.6) is 0 Å². The zero-order chi connectivity index (χ0) is 22.9. The summed E-state index contributed by atoms with van der Waals surface area (Å²) in [5.74, 6) is -0.132. The summed E-state index contributed by atoms with van der Waals surface area (Å²) in [7, 11) is 0. The molecule has 0 saturated heterocycles. The number of rotatable bonds is 19. The summed E-state index contributed by atoms with van der Waals surface area (Å²) in [6, 6.07) is 0. The van der Waals surface area contributed by atoms with Gasteiger partial charge in [-0.25, -0.2) is 9.59 Å². The number of carbonyl (C=O) groups excluding carboxylic acids is 2. The number of nitrogens with zero attached hydrogens (tertiary/aromatic N) is 2. The average Bonchev–Trinajstić information content (AvgIpc) is 2.76. The van der Waals surface area contributed by atoms with Crippen LogP contribution in [0.4, 0.5) is 0 Å². The van der Waals surface area contributed by atoms with Crippen molar-refractivity contribution in [3.05, 3.63) is 0 Å². The Labute approximate surface area is 186 Å². The van der Waals surface area contributed by atoms with Gasteiger partial charge in [0, 0.05) is 0 Å². The van der Waals surface area contributed by atoms with Crippen LogP contribution in [0.15, 0.2) is 0 Å². The van der Waals surface area contributed by atoms with Crippen molar-refractivity contribution in [1.29, 1.82) is 0 Å². The van der Waals surface area contributed by atoms with E-state index in [1.807, 2.05) is 13.8 Å². The fourth-order valence-electron chi connectivity index (χ4n) is 4.00. The fourth-order valence-corrected chi connectivity index (χ4v) is 4.00. The summed E-state index contributed by atoms with van der Waals surface area (Å²) in [6.07, 6.45) is 6.32. The molecule has 0 radical (unpaired) electrons. The van der Waals surface area contributed by atoms with Gasteiger partial charge in [0.2, 0.25) is 0 Å². The van der Waals surface area contributed by atoms with Gasteiger partial charge < -0.3 is 18.4 Å². The summed E-state index contributed by atoms with van der Waals surface area (Å²) < 4.78 is 12.3. The van der Waals surface area contributed by atoms with E-state index in [-0.39, 0.29) is 11.9 Å². The number of unbranched alkanes of at least 4 members (excludes halogenated alkanes) is 3. The van der Waals surface area contributed by atoms with Crippen molar-refractivity contribution in [2.45, 2.75) is 80.1 Å². The molecular weight excluding hydrogens is 380 g/mol. The highest BCUT2D eigenvalue weighted by Gasteiger charge is 2.28. The van der Waals surface area contributed by atoms with Crippen molar-refractivity contribution in [2.75, 3.05) is 65.6 Å². The van der Waals surface area contributed by atoms with Gasteiger partial charge >= 0.3 is 11.9 Å². The second kappa shape index (κ2) is 16.5. The third-order valence-electron chi connectivity index (χ3n) is 6.56. The molecule has 0 unspecified atom stereocenters. The van der Waals surface area contributed by atoms with Crippen LogP contribution in [0.25, 0.3) is 0 Å². The van der Waals surface area contributed by atoms with E-state index < -0.39 is 0 Å². The van der Waals surface area contributed by atoms with Crippen LogP contribution >= 0.6 is 0 Å². The average molecular weight is 431 g/mol. The topological polar surface area (TPSA) is 52.6 Å². The Balaban J connectivity index is 4.42. The van der Waals surface area contributed by atoms with Gasteiger partial charge in [0.25, 0.3) is 0 Å². The molecule has 0 aliphatic carbocycles. The number of ether oxygens (including phenoxy) is 2. The number of likely N-dealkylation sites (N-methyl/N-ethyl adjacent to an activating group) is 2. The minimum absolute atomic E-state index is 0.0662. The van der Waals surface area contributed by atoms with Crippen LogP contribution in [0.3, 0.4) is 0 Å². The summed E-state index contributed by atoms with van der Waals surface area (Å²) in [5.41, 5.74) is 0. The molecule has 0 heterocycles. The molecule has 178 valence electrons. The molecule has 6 heteroatoms. The predicted octanol–water partition coefficient (Wildman–Crippen LogP) is 4.17. The van der Waals surface area contributed by atoms with Gasteiger partial charge in [-0.2, -0.15) is 0 Å². The van der Waals surface area contributed by atoms with E-state index in [9.17, 15) is 9.59 Å². The molecule has 0 bridgehead atoms. The monoisotopic (exact) mass is 430 g/mol. The lowest BCUT2D eigenvalue weighted by Gasteiger charge is -2.36. The van der Waals surface area contributed by atoms with Crippen LogP contribution in [0, 0.1) is 0 Å². The maximum Gasteiger partial charge on any atom is 0.361 e. The number of esters is 2. The molecule has 0 aliphatic rings. The first-order valence-corrected chi connectivity index (χ1v) is 12.4. The molecule has 0 atom stereocenters. The van der Waals surface area contributed by atoms with E-state index in [4.69, 9.17) is 9.47 Å². The van der Waals surface area contributed by atoms with Gasteiger partial charge in [-0.1, -0.05) is 13.8 Å². The van der Waals surface area contributed by atoms with E-state index >= 15 is 0 Å². The normalized spacial score (nSPS) is 12.1. The van der Waals surface area contributed by atoms with E-state index in [1.54, 1.807) is 0 Å². The molecule has 0 fully saturated rings. The molecular formula is C24H50N2O4+2. The van der Waals surface area contributed by atoms with Gasteiger partial charge in [0.05, 0.1) is 52.5 Å². The summed E-state index contributed by atoms with van der Waals surface area (Å²) in [5, 5.41) is 0. The maximum absolute atomic E-state index is 12.1. The van der Waals surface area contributed by atoms with Gasteiger partial charge in [-0.05, 0) is 66.2 Å². The molecule has 0 N–H and O–H groups in total. The second-order valence-electron chi connectivity index (χ2n) is 8.57. The third kappa shape index (κ3) is 11.3. The number of carbonyl (C=O) groups is 2. The van der Waals surface area contributed by atoms with E-state index in [2.05, 4.69) is 27.7 Å². The first-order chi connectivity index (χ1) is 14.4. The van der Waals surface area contributed by atoms with Crippen LogP contribution < -0.4 is 0 Å². The fraction of sp³-hybridized carbons (Fsp3) is 0.917. The molecule has 0 aromatic heterocycles. The van der Waals surface area contributed by atoms with Crippen molar-refractivity contribution in [3.8, 4) is 0 Å². The lowest BCUT2D eigenvalue weighted by molar-refractivity contribution is -0.919. The molecule has 0 rings (SSSR count). The van der Waals surface area contributed by atoms with E-state index in [0.717, 1.165) is 86.8 Å². The predicted molar refractivity (Wildman–Crippen MR) is 123 cm³/mol. The first-order valence-electron chi connectivity index (χ1n) is 12.4. The molecule has 0 aromatic carbocycles. The molecule has 0 amide bonds. The summed E-state index contributed by atoms with van der Waals surface area (Å²) in [4.78, 5) is 24.2. The Hall–Kier alpha value is -1.14. The smallest absolute Gasteiger partial charge is 0.361 e. The molecule has 0 spiro atoms. The standard InChI is InChI=1S/C24H50N2O4/c1-7-19-29-23(27)21-25(9-3,10-4)17-15-13-14-16-18-26(11-5,12-6)22-24(28)30-20-8-2/h7-22H2,1-6H3/q+2. The number of hydrogen-bond acceptors (Lipinski definition) is 4. The van der Waals surface area contributed by atoms with Gasteiger partial charge in [-0.15, -0.1) is 0 Å². The Bertz CT molecular complexity index is 418. The van der Waals surface area contributed by atoms with Crippen LogP contribution in [0.2, 0.25) is 0 Å². The molecule has 30 heavy (non-hydrogen) atoms.